The van der Waals surface area contributed by atoms with E-state index in [2.05, 4.69) is 25.2 Å². The number of aromatic hydroxyl groups is 1. The number of nitrogens with zero attached hydrogens (tertiary/aromatic N) is 1. The minimum atomic E-state index is -3.41. The maximum absolute atomic E-state index is 12.7. The SMILES string of the molecule is O=C(Nc1ccccc1-c1ccccc1)OC1CCN(CCS(=O)(=O)NCCCCCNC[C@H](O)c2ccc(O)c3[nH]c(=O)ccc23)CC1. The molecule has 1 amide bonds. The van der Waals surface area contributed by atoms with Crippen molar-refractivity contribution in [3.05, 3.63) is 94.8 Å². The Hall–Kier alpha value is -4.27. The van der Waals surface area contributed by atoms with Crippen molar-refractivity contribution < 1.29 is 28.2 Å². The smallest absolute Gasteiger partial charge is 0.411 e. The Bertz CT molecular complexity index is 1840. The van der Waals surface area contributed by atoms with Crippen LogP contribution in [0.5, 0.6) is 5.75 Å². The fraction of sp³-hybridized carbons (Fsp3) is 0.389. The van der Waals surface area contributed by atoms with Gasteiger partial charge in [-0.05, 0) is 61.6 Å². The highest BCUT2D eigenvalue weighted by Crippen LogP contribution is 2.29. The molecule has 6 N–H and O–H groups in total. The molecular weight excluding hydrogens is 646 g/mol. The van der Waals surface area contributed by atoms with Gasteiger partial charge in [-0.3, -0.25) is 10.1 Å². The van der Waals surface area contributed by atoms with Crippen molar-refractivity contribution in [1.29, 1.82) is 0 Å². The van der Waals surface area contributed by atoms with Gasteiger partial charge in [0.05, 0.1) is 23.1 Å². The Morgan fingerprint density at radius 1 is 0.939 bits per heavy atom. The van der Waals surface area contributed by atoms with Crippen LogP contribution in [0.25, 0.3) is 22.0 Å². The molecule has 0 bridgehead atoms. The summed E-state index contributed by atoms with van der Waals surface area (Å²) in [7, 11) is -3.41. The van der Waals surface area contributed by atoms with Crippen LogP contribution in [-0.2, 0) is 14.8 Å². The number of aromatic nitrogens is 1. The van der Waals surface area contributed by atoms with Crippen molar-refractivity contribution in [2.24, 2.45) is 0 Å². The molecule has 5 rings (SSSR count). The summed E-state index contributed by atoms with van der Waals surface area (Å²) >= 11 is 0. The number of amides is 1. The molecule has 262 valence electrons. The monoisotopic (exact) mass is 691 g/mol. The number of aliphatic hydroxyl groups is 1. The quantitative estimate of drug-likeness (QED) is 0.0936. The minimum Gasteiger partial charge on any atom is -0.506 e. The third-order valence-corrected chi connectivity index (χ3v) is 10.1. The van der Waals surface area contributed by atoms with E-state index in [0.717, 1.165) is 24.0 Å². The Morgan fingerprint density at radius 2 is 1.67 bits per heavy atom. The number of pyridine rings is 1. The molecule has 1 aliphatic heterocycles. The van der Waals surface area contributed by atoms with Crippen LogP contribution in [0, 0.1) is 0 Å². The van der Waals surface area contributed by atoms with Gasteiger partial charge in [-0.1, -0.05) is 61.0 Å². The number of likely N-dealkylation sites (tertiary alicyclic amines) is 1. The standard InChI is InChI=1S/C36H45N5O7S/c42-32-15-13-29(30-14-16-34(44)40-35(30)32)33(43)25-37-19-7-2-8-20-38-49(46,47)24-23-41-21-17-27(18-22-41)48-36(45)39-31-12-6-5-11-28(31)26-9-3-1-4-10-26/h1,3-6,9-16,27,33,37-38,42-43H,2,7-8,17-25H2,(H,39,45)(H,40,44)/t33-/m0/s1. The van der Waals surface area contributed by atoms with Gasteiger partial charge in [0, 0.05) is 49.7 Å². The van der Waals surface area contributed by atoms with Gasteiger partial charge in [-0.2, -0.15) is 0 Å². The van der Waals surface area contributed by atoms with Crippen molar-refractivity contribution in [1.82, 2.24) is 19.9 Å². The zero-order valence-electron chi connectivity index (χ0n) is 27.4. The summed E-state index contributed by atoms with van der Waals surface area (Å²) in [5.41, 5.74) is 3.17. The van der Waals surface area contributed by atoms with Crippen LogP contribution in [0.2, 0.25) is 0 Å². The van der Waals surface area contributed by atoms with Crippen molar-refractivity contribution in [3.8, 4) is 16.9 Å². The highest BCUT2D eigenvalue weighted by Gasteiger charge is 2.24. The number of carbonyl (C=O) groups excluding carboxylic acids is 1. The highest BCUT2D eigenvalue weighted by atomic mass is 32.2. The van der Waals surface area contributed by atoms with E-state index in [1.54, 1.807) is 12.1 Å². The van der Waals surface area contributed by atoms with Gasteiger partial charge in [0.1, 0.15) is 11.9 Å². The maximum Gasteiger partial charge on any atom is 0.411 e. The van der Waals surface area contributed by atoms with E-state index in [4.69, 9.17) is 4.74 Å². The van der Waals surface area contributed by atoms with Crippen molar-refractivity contribution >= 4 is 32.7 Å². The van der Waals surface area contributed by atoms with Crippen LogP contribution < -0.4 is 20.9 Å². The van der Waals surface area contributed by atoms with Crippen LogP contribution in [-0.4, -0.2) is 85.7 Å². The number of unbranched alkanes of at least 4 members (excludes halogenated alkanes) is 2. The molecule has 1 aliphatic rings. The molecular formula is C36H45N5O7S. The largest absolute Gasteiger partial charge is 0.506 e. The molecule has 2 heterocycles. The van der Waals surface area contributed by atoms with Crippen molar-refractivity contribution in [2.75, 3.05) is 50.3 Å². The number of aromatic amines is 1. The van der Waals surface area contributed by atoms with Crippen LogP contribution in [0.3, 0.4) is 0 Å². The molecule has 1 saturated heterocycles. The molecule has 0 saturated carbocycles. The number of benzene rings is 3. The fourth-order valence-electron chi connectivity index (χ4n) is 6.00. The lowest BCUT2D eigenvalue weighted by Gasteiger charge is -2.31. The third-order valence-electron chi connectivity index (χ3n) is 8.69. The molecule has 12 nitrogen and oxygen atoms in total. The number of hydrogen-bond acceptors (Lipinski definition) is 9. The van der Waals surface area contributed by atoms with Crippen LogP contribution in [0.1, 0.15) is 43.8 Å². The van der Waals surface area contributed by atoms with E-state index in [-0.39, 0.29) is 23.2 Å². The molecule has 1 atom stereocenters. The van der Waals surface area contributed by atoms with E-state index in [9.17, 15) is 28.2 Å². The van der Waals surface area contributed by atoms with Crippen molar-refractivity contribution in [2.45, 2.75) is 44.3 Å². The summed E-state index contributed by atoms with van der Waals surface area (Å²) < 4.78 is 33.5. The molecule has 0 spiro atoms. The molecule has 13 heteroatoms. The number of H-pyrrole nitrogens is 1. The molecule has 1 aromatic heterocycles. The first kappa shape index (κ1) is 36.0. The van der Waals surface area contributed by atoms with Gasteiger partial charge >= 0.3 is 6.09 Å². The lowest BCUT2D eigenvalue weighted by atomic mass is 10.0. The number of nitrogens with one attached hydrogen (secondary N) is 4. The number of fused-ring (bicyclic) bond motifs is 1. The Kier molecular flexibility index (Phi) is 12.8. The predicted octanol–water partition coefficient (Wildman–Crippen LogP) is 4.33. The molecule has 1 fully saturated rings. The summed E-state index contributed by atoms with van der Waals surface area (Å²) in [6, 6.07) is 23.5. The summed E-state index contributed by atoms with van der Waals surface area (Å²) in [5.74, 6) is -0.0446. The fourth-order valence-corrected chi connectivity index (χ4v) is 7.10. The van der Waals surface area contributed by atoms with Crippen LogP contribution >= 0.6 is 0 Å². The summed E-state index contributed by atoms with van der Waals surface area (Å²) in [6.45, 7) is 3.03. The highest BCUT2D eigenvalue weighted by molar-refractivity contribution is 7.89. The average molecular weight is 692 g/mol. The first-order chi connectivity index (χ1) is 23.7. The lowest BCUT2D eigenvalue weighted by molar-refractivity contribution is 0.0608. The van der Waals surface area contributed by atoms with Gasteiger partial charge in [-0.15, -0.1) is 0 Å². The number of aliphatic hydroxyl groups excluding tert-OH is 1. The number of phenolic OH excluding ortho intramolecular Hbond substituents is 1. The van der Waals surface area contributed by atoms with E-state index in [0.29, 0.717) is 80.7 Å². The number of sulfonamides is 1. The van der Waals surface area contributed by atoms with Gasteiger partial charge in [0.2, 0.25) is 15.6 Å². The minimum absolute atomic E-state index is 0.00849. The molecule has 0 radical (unpaired) electrons. The topological polar surface area (TPSA) is 173 Å². The predicted molar refractivity (Wildman–Crippen MR) is 191 cm³/mol. The molecule has 49 heavy (non-hydrogen) atoms. The summed E-state index contributed by atoms with van der Waals surface area (Å²) in [4.78, 5) is 29.0. The molecule has 4 aromatic rings. The number of rotatable bonds is 16. The summed E-state index contributed by atoms with van der Waals surface area (Å²) in [5, 5.41) is 27.4. The second kappa shape index (κ2) is 17.4. The number of anilines is 1. The van der Waals surface area contributed by atoms with Crippen LogP contribution in [0.4, 0.5) is 10.5 Å². The normalized spacial score (nSPS) is 14.9. The lowest BCUT2D eigenvalue weighted by Crippen LogP contribution is -2.42. The van der Waals surface area contributed by atoms with Gasteiger partial charge in [0.15, 0.2) is 0 Å². The Balaban J connectivity index is 0.923. The van der Waals surface area contributed by atoms with Gasteiger partial charge in [-0.25, -0.2) is 17.9 Å². The zero-order valence-corrected chi connectivity index (χ0v) is 28.3. The number of ether oxygens (including phenoxy) is 1. The summed E-state index contributed by atoms with van der Waals surface area (Å²) in [6.07, 6.45) is 2.04. The number of hydrogen-bond donors (Lipinski definition) is 6. The number of phenols is 1. The Morgan fingerprint density at radius 3 is 2.47 bits per heavy atom. The van der Waals surface area contributed by atoms with Gasteiger partial charge in [0.25, 0.3) is 0 Å². The maximum atomic E-state index is 12.7. The Labute approximate surface area is 286 Å². The second-order valence-corrected chi connectivity index (χ2v) is 14.2. The number of carbonyl (C=O) groups is 1. The van der Waals surface area contributed by atoms with E-state index < -0.39 is 22.2 Å². The zero-order chi connectivity index (χ0) is 34.6. The molecule has 0 aliphatic carbocycles. The first-order valence-corrected chi connectivity index (χ1v) is 18.4. The molecule has 0 unspecified atom stereocenters. The second-order valence-electron chi connectivity index (χ2n) is 12.3. The number of piperidine rings is 1. The van der Waals surface area contributed by atoms with E-state index in [1.165, 1.54) is 12.1 Å². The first-order valence-electron chi connectivity index (χ1n) is 16.7. The molecule has 3 aromatic carbocycles. The van der Waals surface area contributed by atoms with Gasteiger partial charge < -0.3 is 30.2 Å². The number of para-hydroxylation sites is 1. The third kappa shape index (κ3) is 10.6. The van der Waals surface area contributed by atoms with E-state index >= 15 is 0 Å². The van der Waals surface area contributed by atoms with Crippen molar-refractivity contribution in [3.63, 3.8) is 0 Å². The average Bonchev–Trinajstić information content (AvgIpc) is 3.10. The van der Waals surface area contributed by atoms with E-state index in [1.807, 2.05) is 54.6 Å². The van der Waals surface area contributed by atoms with Crippen LogP contribution in [0.15, 0.2) is 83.7 Å².